The Kier molecular flexibility index (Phi) is 14.4. The number of aromatic nitrogens is 2. The summed E-state index contributed by atoms with van der Waals surface area (Å²) >= 11 is 0. The maximum atomic E-state index is 13.0. The Morgan fingerprint density at radius 2 is 1.66 bits per heavy atom. The number of aliphatic carboxylic acids is 1. The number of phenolic OH excluding ortho intramolecular Hbond substituents is 2. The van der Waals surface area contributed by atoms with E-state index in [1.54, 1.807) is 18.3 Å². The van der Waals surface area contributed by atoms with Crippen molar-refractivity contribution in [1.82, 2.24) is 9.97 Å². The van der Waals surface area contributed by atoms with Crippen molar-refractivity contribution < 1.29 is 35.4 Å². The number of aliphatic hydroxyl groups excluding tert-OH is 2. The van der Waals surface area contributed by atoms with Gasteiger partial charge in [0.2, 0.25) is 0 Å². The monoisotopic (exact) mass is 831 g/mol. The molecule has 3 aliphatic carbocycles. The van der Waals surface area contributed by atoms with Gasteiger partial charge in [-0.25, -0.2) is 4.98 Å². The highest BCUT2D eigenvalue weighted by Crippen LogP contribution is 2.54. The number of aliphatic hydroxyl groups is 3. The highest BCUT2D eigenvalue weighted by molar-refractivity contribution is 5.83. The fourth-order valence-electron chi connectivity index (χ4n) is 10.9. The molecule has 10 atom stereocenters. The molecule has 1 fully saturated rings. The lowest BCUT2D eigenvalue weighted by Gasteiger charge is -2.42. The number of unbranched alkanes of at least 4 members (excludes halogenated alkanes) is 4. The summed E-state index contributed by atoms with van der Waals surface area (Å²) in [5.74, 6) is -2.09. The highest BCUT2D eigenvalue weighted by atomic mass is 16.4. The van der Waals surface area contributed by atoms with E-state index in [1.165, 1.54) is 25.3 Å². The van der Waals surface area contributed by atoms with Crippen molar-refractivity contribution in [3.05, 3.63) is 108 Å². The molecule has 4 aromatic rings. The second-order valence-corrected chi connectivity index (χ2v) is 18.3. The van der Waals surface area contributed by atoms with E-state index >= 15 is 0 Å². The predicted octanol–water partition coefficient (Wildman–Crippen LogP) is 9.23. The molecule has 0 unspecified atom stereocenters. The van der Waals surface area contributed by atoms with Crippen LogP contribution in [0.3, 0.4) is 0 Å². The number of nitrogen functional groups attached to an aromatic ring is 1. The maximum absolute atomic E-state index is 13.0. The van der Waals surface area contributed by atoms with E-state index in [1.807, 2.05) is 54.6 Å². The molecule has 2 heterocycles. The van der Waals surface area contributed by atoms with Crippen molar-refractivity contribution in [3.8, 4) is 33.9 Å². The van der Waals surface area contributed by atoms with E-state index < -0.39 is 29.5 Å². The molecule has 0 radical (unpaired) electrons. The number of rotatable bonds is 19. The minimum absolute atomic E-state index is 0.0527. The molecule has 10 heteroatoms. The molecule has 0 amide bonds. The van der Waals surface area contributed by atoms with Crippen LogP contribution in [0.15, 0.2) is 97.2 Å². The van der Waals surface area contributed by atoms with Crippen LogP contribution in [0.1, 0.15) is 95.2 Å². The van der Waals surface area contributed by atoms with Crippen molar-refractivity contribution in [3.63, 3.8) is 0 Å². The van der Waals surface area contributed by atoms with Crippen LogP contribution in [0.5, 0.6) is 11.5 Å². The summed E-state index contributed by atoms with van der Waals surface area (Å²) in [4.78, 5) is 20.5. The average molecular weight is 832 g/mol. The number of nitrogens with two attached hydrogens (primary N) is 1. The molecule has 0 spiro atoms. The standard InChI is InChI=1S/C51H65N3O7/c1-2-3-6-11-32-16-17-35(46(57)23-32)14-9-5-10-15-43(50(59)60)49(58)36-18-19-45-37(22-33-20-21-53-47(52)24-33)25-39(51(45,61)31-36)28-40-29-44(34-12-7-4-8-13-34)48(54-40)38-26-41(55)30-42(56)27-38/h4,7-8,12-13,16-21,24,26-27,29-30,32,35-37,39,43,45-46,49,54-58,61H,2-3,5-6,9-11,14-15,22-23,25,28,31H2,1H3,(H2,52,53)(H,59,60)/t32-,35-,36-,37+,39+,43+,45+,46-,49-,51+/m1/s1. The number of nitrogens with zero attached hydrogens (tertiary/aromatic N) is 1. The molecule has 2 aromatic heterocycles. The molecule has 3 aliphatic rings. The number of fused-ring (bicyclic) bond motifs is 1. The van der Waals surface area contributed by atoms with Gasteiger partial charge in [-0.2, -0.15) is 0 Å². The van der Waals surface area contributed by atoms with Crippen LogP contribution < -0.4 is 5.73 Å². The number of carboxylic acids is 1. The summed E-state index contributed by atoms with van der Waals surface area (Å²) in [5, 5.41) is 66.8. The molecular formula is C51H65N3O7. The number of carboxylic acid groups (broad SMARTS) is 1. The first-order valence-corrected chi connectivity index (χ1v) is 22.6. The Morgan fingerprint density at radius 3 is 2.38 bits per heavy atom. The van der Waals surface area contributed by atoms with Gasteiger partial charge in [0, 0.05) is 46.8 Å². The van der Waals surface area contributed by atoms with Crippen LogP contribution in [0.4, 0.5) is 5.82 Å². The molecule has 2 aromatic carbocycles. The zero-order valence-corrected chi connectivity index (χ0v) is 35.4. The van der Waals surface area contributed by atoms with Crippen molar-refractivity contribution >= 4 is 11.8 Å². The third kappa shape index (κ3) is 10.6. The highest BCUT2D eigenvalue weighted by Gasteiger charge is 2.56. The largest absolute Gasteiger partial charge is 0.508 e. The number of pyridine rings is 1. The average Bonchev–Trinajstić information content (AvgIpc) is 3.77. The van der Waals surface area contributed by atoms with Gasteiger partial charge in [0.1, 0.15) is 17.3 Å². The number of benzene rings is 2. The van der Waals surface area contributed by atoms with Crippen molar-refractivity contribution in [1.29, 1.82) is 0 Å². The molecular weight excluding hydrogens is 767 g/mol. The van der Waals surface area contributed by atoms with Gasteiger partial charge in [-0.05, 0) is 111 Å². The lowest BCUT2D eigenvalue weighted by atomic mass is 9.68. The Balaban J connectivity index is 1.07. The van der Waals surface area contributed by atoms with Crippen LogP contribution >= 0.6 is 0 Å². The summed E-state index contributed by atoms with van der Waals surface area (Å²) < 4.78 is 0. The lowest BCUT2D eigenvalue weighted by molar-refractivity contribution is -0.148. The van der Waals surface area contributed by atoms with Gasteiger partial charge < -0.3 is 41.4 Å². The SMILES string of the molecule is CCCCC[C@@H]1C=C[C@@H](CCCCC[C@H](C(=O)O)[C@H](O)[C@@H]2C=C[C@H]3[C@@H](Cc4ccnc(N)c4)C[C@@H](Cc4cc(-c5ccccc5)c(-c5cc(O)cc(O)c5)[nH]4)[C@@]3(O)C2)[C@H](O)C1. The fourth-order valence-corrected chi connectivity index (χ4v) is 10.9. The fraction of sp³-hybridized carbons (Fsp3) is 0.490. The van der Waals surface area contributed by atoms with Crippen LogP contribution in [0.2, 0.25) is 0 Å². The normalized spacial score (nSPS) is 26.9. The van der Waals surface area contributed by atoms with E-state index in [9.17, 15) is 35.4 Å². The molecule has 0 bridgehead atoms. The molecule has 7 rings (SSSR count). The predicted molar refractivity (Wildman–Crippen MR) is 239 cm³/mol. The Morgan fingerprint density at radius 1 is 0.885 bits per heavy atom. The first-order chi connectivity index (χ1) is 29.4. The number of hydrogen-bond acceptors (Lipinski definition) is 8. The Labute approximate surface area is 360 Å². The van der Waals surface area contributed by atoms with Gasteiger partial charge in [-0.15, -0.1) is 0 Å². The molecule has 61 heavy (non-hydrogen) atoms. The number of carbonyl (C=O) groups is 1. The second kappa shape index (κ2) is 19.9. The quantitative estimate of drug-likeness (QED) is 0.0336. The minimum atomic E-state index is -1.24. The third-order valence-corrected chi connectivity index (χ3v) is 14.0. The smallest absolute Gasteiger partial charge is 0.309 e. The first-order valence-electron chi connectivity index (χ1n) is 22.6. The van der Waals surface area contributed by atoms with Crippen LogP contribution in [-0.4, -0.2) is 64.4 Å². The number of hydrogen-bond donors (Lipinski definition) is 8. The van der Waals surface area contributed by atoms with E-state index in [0.717, 1.165) is 60.2 Å². The number of nitrogens with one attached hydrogen (secondary N) is 1. The second-order valence-electron chi connectivity index (χ2n) is 18.3. The lowest BCUT2D eigenvalue weighted by Crippen LogP contribution is -2.48. The first kappa shape index (κ1) is 44.2. The minimum Gasteiger partial charge on any atom is -0.508 e. The van der Waals surface area contributed by atoms with Gasteiger partial charge in [0.25, 0.3) is 0 Å². The summed E-state index contributed by atoms with van der Waals surface area (Å²) in [6, 6.07) is 20.3. The molecule has 0 aliphatic heterocycles. The molecule has 0 saturated heterocycles. The summed E-state index contributed by atoms with van der Waals surface area (Å²) in [5.41, 5.74) is 9.94. The number of aromatic hydroxyl groups is 2. The van der Waals surface area contributed by atoms with E-state index in [0.29, 0.717) is 49.4 Å². The van der Waals surface area contributed by atoms with Crippen molar-refractivity contribution in [2.45, 2.75) is 115 Å². The molecule has 9 N–H and O–H groups in total. The zero-order chi connectivity index (χ0) is 43.1. The number of aromatic amines is 1. The van der Waals surface area contributed by atoms with Gasteiger partial charge in [-0.3, -0.25) is 4.79 Å². The Hall–Kier alpha value is -4.90. The van der Waals surface area contributed by atoms with Crippen molar-refractivity contribution in [2.24, 2.45) is 41.4 Å². The maximum Gasteiger partial charge on any atom is 0.309 e. The van der Waals surface area contributed by atoms with Gasteiger partial charge in [0.05, 0.1) is 29.4 Å². The third-order valence-electron chi connectivity index (χ3n) is 14.0. The molecule has 1 saturated carbocycles. The molecule has 326 valence electrons. The topological polar surface area (TPSA) is 193 Å². The van der Waals surface area contributed by atoms with Crippen molar-refractivity contribution in [2.75, 3.05) is 5.73 Å². The number of H-pyrrole nitrogens is 1. The van der Waals surface area contributed by atoms with Crippen LogP contribution in [0.25, 0.3) is 22.4 Å². The van der Waals surface area contributed by atoms with Crippen LogP contribution in [0, 0.1) is 41.4 Å². The Bertz CT molecular complexity index is 2110. The van der Waals surface area contributed by atoms with E-state index in [-0.39, 0.29) is 47.7 Å². The van der Waals surface area contributed by atoms with Gasteiger partial charge in [0.15, 0.2) is 0 Å². The zero-order valence-electron chi connectivity index (χ0n) is 35.4. The van der Waals surface area contributed by atoms with E-state index in [4.69, 9.17) is 5.73 Å². The van der Waals surface area contributed by atoms with Gasteiger partial charge >= 0.3 is 5.97 Å². The summed E-state index contributed by atoms with van der Waals surface area (Å²) in [6.45, 7) is 2.20. The number of anilines is 1. The summed E-state index contributed by atoms with van der Waals surface area (Å²) in [6.07, 6.45) is 19.8. The molecule has 10 nitrogen and oxygen atoms in total. The number of phenols is 2. The van der Waals surface area contributed by atoms with E-state index in [2.05, 4.69) is 35.1 Å². The van der Waals surface area contributed by atoms with Gasteiger partial charge in [-0.1, -0.05) is 100 Å². The van der Waals surface area contributed by atoms with Crippen LogP contribution in [-0.2, 0) is 17.6 Å². The number of allylic oxidation sites excluding steroid dienone is 1. The summed E-state index contributed by atoms with van der Waals surface area (Å²) in [7, 11) is 0.